The molecule has 2 aromatic rings. The Morgan fingerprint density at radius 2 is 1.78 bits per heavy atom. The molecule has 27 heavy (non-hydrogen) atoms. The molecular formula is C22H28N2O3. The van der Waals surface area contributed by atoms with Crippen LogP contribution in [0, 0.1) is 5.41 Å². The molecule has 144 valence electrons. The van der Waals surface area contributed by atoms with Crippen LogP contribution in [0.5, 0.6) is 0 Å². The Balaban J connectivity index is 1.64. The molecule has 0 aromatic heterocycles. The van der Waals surface area contributed by atoms with Crippen molar-refractivity contribution in [3.8, 4) is 0 Å². The molecule has 0 unspecified atom stereocenters. The fraction of sp³-hybridized carbons (Fsp3) is 0.455. The third kappa shape index (κ3) is 4.86. The average Bonchev–Trinajstić information content (AvgIpc) is 2.66. The lowest BCUT2D eigenvalue weighted by Gasteiger charge is -2.36. The highest BCUT2D eigenvalue weighted by Crippen LogP contribution is 2.38. The molecule has 0 saturated heterocycles. The van der Waals surface area contributed by atoms with Gasteiger partial charge in [-0.15, -0.1) is 0 Å². The van der Waals surface area contributed by atoms with Crippen LogP contribution < -0.4 is 11.1 Å². The number of hydrogen-bond acceptors (Lipinski definition) is 3. The number of rotatable bonds is 7. The van der Waals surface area contributed by atoms with Crippen LogP contribution in [0.15, 0.2) is 42.5 Å². The summed E-state index contributed by atoms with van der Waals surface area (Å²) in [5.74, 6) is -1.01. The van der Waals surface area contributed by atoms with Crippen molar-refractivity contribution in [1.29, 1.82) is 0 Å². The number of amides is 1. The second-order valence-corrected chi connectivity index (χ2v) is 7.80. The molecule has 1 fully saturated rings. The van der Waals surface area contributed by atoms with E-state index in [1.165, 1.54) is 0 Å². The lowest BCUT2D eigenvalue weighted by Crippen LogP contribution is -2.47. The number of aliphatic carboxylic acids is 1. The lowest BCUT2D eigenvalue weighted by atomic mass is 9.71. The van der Waals surface area contributed by atoms with Crippen LogP contribution in [0.4, 0.5) is 0 Å². The zero-order valence-electron chi connectivity index (χ0n) is 15.6. The number of carbonyl (C=O) groups excluding carboxylic acids is 1. The largest absolute Gasteiger partial charge is 0.481 e. The van der Waals surface area contributed by atoms with Gasteiger partial charge in [-0.05, 0) is 41.0 Å². The molecule has 0 radical (unpaired) electrons. The second kappa shape index (κ2) is 8.53. The molecule has 0 aliphatic heterocycles. The standard InChI is InChI=1S/C22H28N2O3/c23-19(13-17-9-6-8-16-7-2-3-10-18(16)17)21(27)24-15-22(14-20(25)26)11-4-1-5-12-22/h2-3,6-10,19H,1,4-5,11-15,23H2,(H,24,27)(H,25,26)/t19-/m1/s1. The van der Waals surface area contributed by atoms with E-state index in [1.807, 2.05) is 42.5 Å². The van der Waals surface area contributed by atoms with E-state index in [2.05, 4.69) is 5.32 Å². The van der Waals surface area contributed by atoms with Crippen LogP contribution in [-0.2, 0) is 16.0 Å². The molecule has 1 aliphatic rings. The number of nitrogens with one attached hydrogen (secondary N) is 1. The summed E-state index contributed by atoms with van der Waals surface area (Å²) in [6.45, 7) is 0.390. The van der Waals surface area contributed by atoms with E-state index in [9.17, 15) is 14.7 Å². The van der Waals surface area contributed by atoms with Crippen LogP contribution in [0.3, 0.4) is 0 Å². The number of carboxylic acid groups (broad SMARTS) is 1. The van der Waals surface area contributed by atoms with Gasteiger partial charge in [0, 0.05) is 6.54 Å². The lowest BCUT2D eigenvalue weighted by molar-refractivity contribution is -0.140. The number of benzene rings is 2. The smallest absolute Gasteiger partial charge is 0.303 e. The highest BCUT2D eigenvalue weighted by atomic mass is 16.4. The SMILES string of the molecule is N[C@H](Cc1cccc2ccccc12)C(=O)NCC1(CC(=O)O)CCCCC1. The Labute approximate surface area is 159 Å². The highest BCUT2D eigenvalue weighted by Gasteiger charge is 2.35. The molecule has 1 atom stereocenters. The molecule has 0 spiro atoms. The predicted molar refractivity (Wildman–Crippen MR) is 106 cm³/mol. The minimum Gasteiger partial charge on any atom is -0.481 e. The number of nitrogens with two attached hydrogens (primary N) is 1. The molecule has 1 aliphatic carbocycles. The van der Waals surface area contributed by atoms with E-state index >= 15 is 0 Å². The first-order chi connectivity index (χ1) is 13.0. The van der Waals surface area contributed by atoms with Gasteiger partial charge in [-0.3, -0.25) is 9.59 Å². The van der Waals surface area contributed by atoms with Gasteiger partial charge in [0.25, 0.3) is 0 Å². The summed E-state index contributed by atoms with van der Waals surface area (Å²) in [5.41, 5.74) is 6.89. The molecule has 0 heterocycles. The molecule has 5 nitrogen and oxygen atoms in total. The maximum absolute atomic E-state index is 12.6. The van der Waals surface area contributed by atoms with Gasteiger partial charge >= 0.3 is 5.97 Å². The van der Waals surface area contributed by atoms with E-state index in [0.717, 1.165) is 48.4 Å². The fourth-order valence-corrected chi connectivity index (χ4v) is 4.24. The molecule has 3 rings (SSSR count). The van der Waals surface area contributed by atoms with Crippen molar-refractivity contribution in [2.45, 2.75) is 51.0 Å². The summed E-state index contributed by atoms with van der Waals surface area (Å²) in [5, 5.41) is 14.4. The summed E-state index contributed by atoms with van der Waals surface area (Å²) in [7, 11) is 0. The Kier molecular flexibility index (Phi) is 6.11. The zero-order valence-corrected chi connectivity index (χ0v) is 15.6. The molecule has 2 aromatic carbocycles. The van der Waals surface area contributed by atoms with Crippen molar-refractivity contribution in [3.05, 3.63) is 48.0 Å². The van der Waals surface area contributed by atoms with Gasteiger partial charge in [-0.1, -0.05) is 61.7 Å². The maximum Gasteiger partial charge on any atom is 0.303 e. The van der Waals surface area contributed by atoms with Crippen molar-refractivity contribution in [1.82, 2.24) is 5.32 Å². The van der Waals surface area contributed by atoms with E-state index < -0.39 is 12.0 Å². The van der Waals surface area contributed by atoms with Crippen molar-refractivity contribution in [2.24, 2.45) is 11.1 Å². The molecule has 1 saturated carbocycles. The third-order valence-corrected chi connectivity index (χ3v) is 5.73. The number of hydrogen-bond donors (Lipinski definition) is 3. The Hall–Kier alpha value is -2.40. The molecular weight excluding hydrogens is 340 g/mol. The molecule has 4 N–H and O–H groups in total. The molecule has 1 amide bonds. The van der Waals surface area contributed by atoms with Gasteiger partial charge in [0.1, 0.15) is 0 Å². The van der Waals surface area contributed by atoms with Crippen LogP contribution in [0.25, 0.3) is 10.8 Å². The van der Waals surface area contributed by atoms with E-state index in [0.29, 0.717) is 13.0 Å². The summed E-state index contributed by atoms with van der Waals surface area (Å²) in [6.07, 6.45) is 5.42. The Morgan fingerprint density at radius 1 is 1.07 bits per heavy atom. The summed E-state index contributed by atoms with van der Waals surface area (Å²) >= 11 is 0. The first-order valence-electron chi connectivity index (χ1n) is 9.71. The van der Waals surface area contributed by atoms with Crippen molar-refractivity contribution in [2.75, 3.05) is 6.54 Å². The van der Waals surface area contributed by atoms with Gasteiger partial charge in [-0.2, -0.15) is 0 Å². The zero-order chi connectivity index (χ0) is 19.3. The first kappa shape index (κ1) is 19.4. The summed E-state index contributed by atoms with van der Waals surface area (Å²) < 4.78 is 0. The number of carboxylic acids is 1. The van der Waals surface area contributed by atoms with E-state index in [-0.39, 0.29) is 17.7 Å². The summed E-state index contributed by atoms with van der Waals surface area (Å²) in [4.78, 5) is 23.9. The third-order valence-electron chi connectivity index (χ3n) is 5.73. The minimum absolute atomic E-state index is 0.103. The van der Waals surface area contributed by atoms with Crippen LogP contribution in [0.2, 0.25) is 0 Å². The van der Waals surface area contributed by atoms with Crippen LogP contribution in [0.1, 0.15) is 44.1 Å². The van der Waals surface area contributed by atoms with Crippen molar-refractivity contribution in [3.63, 3.8) is 0 Å². The van der Waals surface area contributed by atoms with Gasteiger partial charge in [0.05, 0.1) is 12.5 Å². The Morgan fingerprint density at radius 3 is 2.52 bits per heavy atom. The van der Waals surface area contributed by atoms with Crippen LogP contribution in [-0.4, -0.2) is 29.6 Å². The number of carbonyl (C=O) groups is 2. The van der Waals surface area contributed by atoms with Gasteiger partial charge in [-0.25, -0.2) is 0 Å². The maximum atomic E-state index is 12.6. The van der Waals surface area contributed by atoms with Crippen LogP contribution >= 0.6 is 0 Å². The van der Waals surface area contributed by atoms with E-state index in [1.54, 1.807) is 0 Å². The van der Waals surface area contributed by atoms with Crippen molar-refractivity contribution < 1.29 is 14.7 Å². The van der Waals surface area contributed by atoms with Gasteiger partial charge in [0.15, 0.2) is 0 Å². The number of fused-ring (bicyclic) bond motifs is 1. The summed E-state index contributed by atoms with van der Waals surface area (Å²) in [6, 6.07) is 13.4. The monoisotopic (exact) mass is 368 g/mol. The first-order valence-corrected chi connectivity index (χ1v) is 9.71. The van der Waals surface area contributed by atoms with Crippen molar-refractivity contribution >= 4 is 22.6 Å². The Bertz CT molecular complexity index is 807. The second-order valence-electron chi connectivity index (χ2n) is 7.80. The topological polar surface area (TPSA) is 92.4 Å². The average molecular weight is 368 g/mol. The van der Waals surface area contributed by atoms with E-state index in [4.69, 9.17) is 5.73 Å². The van der Waals surface area contributed by atoms with Gasteiger partial charge in [0.2, 0.25) is 5.91 Å². The quantitative estimate of drug-likeness (QED) is 0.699. The normalized spacial score (nSPS) is 17.4. The molecule has 0 bridgehead atoms. The fourth-order valence-electron chi connectivity index (χ4n) is 4.24. The highest BCUT2D eigenvalue weighted by molar-refractivity contribution is 5.87. The van der Waals surface area contributed by atoms with Gasteiger partial charge < -0.3 is 16.2 Å². The predicted octanol–water partition coefficient (Wildman–Crippen LogP) is 3.25. The minimum atomic E-state index is -0.800. The molecule has 5 heteroatoms.